The Hall–Kier alpha value is -1.63. The lowest BCUT2D eigenvalue weighted by Crippen LogP contribution is -2.02. The molecule has 0 aliphatic carbocycles. The molecule has 2 rings (SSSR count). The third-order valence-corrected chi connectivity index (χ3v) is 2.62. The number of phenols is 1. The summed E-state index contributed by atoms with van der Waals surface area (Å²) in [5.41, 5.74) is 7.73. The van der Waals surface area contributed by atoms with Crippen molar-refractivity contribution in [3.63, 3.8) is 0 Å². The molecule has 3 nitrogen and oxygen atoms in total. The molecule has 0 fully saturated rings. The molecule has 0 saturated carbocycles. The van der Waals surface area contributed by atoms with E-state index in [-0.39, 0.29) is 18.2 Å². The molecule has 0 saturated heterocycles. The summed E-state index contributed by atoms with van der Waals surface area (Å²) in [6, 6.07) is 5.30. The molecule has 0 spiro atoms. The van der Waals surface area contributed by atoms with E-state index in [1.165, 1.54) is 0 Å². The molecular weight excluding hydrogens is 236 g/mol. The van der Waals surface area contributed by atoms with Crippen LogP contribution in [0.3, 0.4) is 0 Å². The summed E-state index contributed by atoms with van der Waals surface area (Å²) in [4.78, 5) is 0. The maximum Gasteiger partial charge on any atom is 0.116 e. The van der Waals surface area contributed by atoms with Crippen molar-refractivity contribution >= 4 is 23.3 Å². The number of aromatic hydroxyl groups is 1. The first-order chi connectivity index (χ1) is 7.76. The molecule has 1 heterocycles. The minimum absolute atomic E-state index is 0. The van der Waals surface area contributed by atoms with E-state index < -0.39 is 0 Å². The summed E-state index contributed by atoms with van der Waals surface area (Å²) in [5.74, 6) is 2.88. The van der Waals surface area contributed by atoms with Gasteiger partial charge >= 0.3 is 0 Å². The van der Waals surface area contributed by atoms with Gasteiger partial charge in [-0.1, -0.05) is 5.92 Å². The highest BCUT2D eigenvalue weighted by Gasteiger charge is 2.07. The van der Waals surface area contributed by atoms with Gasteiger partial charge in [0.1, 0.15) is 5.75 Å². The fourth-order valence-electron chi connectivity index (χ4n) is 1.94. The normalized spacial score (nSPS) is 9.88. The van der Waals surface area contributed by atoms with Crippen LogP contribution in [0, 0.1) is 12.3 Å². The van der Waals surface area contributed by atoms with Crippen molar-refractivity contribution in [3.05, 3.63) is 30.0 Å². The Kier molecular flexibility index (Phi) is 4.45. The van der Waals surface area contributed by atoms with Crippen molar-refractivity contribution in [1.82, 2.24) is 4.57 Å². The molecule has 0 radical (unpaired) electrons. The number of aromatic nitrogens is 1. The number of rotatable bonds is 3. The summed E-state index contributed by atoms with van der Waals surface area (Å²) in [7, 11) is 0. The summed E-state index contributed by atoms with van der Waals surface area (Å²) >= 11 is 0. The van der Waals surface area contributed by atoms with Crippen LogP contribution in [0.1, 0.15) is 5.56 Å². The second kappa shape index (κ2) is 5.62. The lowest BCUT2D eigenvalue weighted by molar-refractivity contribution is 0.476. The third-order valence-electron chi connectivity index (χ3n) is 2.62. The van der Waals surface area contributed by atoms with Crippen molar-refractivity contribution in [1.29, 1.82) is 0 Å². The van der Waals surface area contributed by atoms with Gasteiger partial charge in [-0.25, -0.2) is 0 Å². The van der Waals surface area contributed by atoms with E-state index in [1.807, 2.05) is 16.8 Å². The molecule has 0 bridgehead atoms. The number of nitrogens with two attached hydrogens (primary N) is 1. The molecular formula is C13H15ClN2O. The highest BCUT2D eigenvalue weighted by atomic mass is 35.5. The zero-order chi connectivity index (χ0) is 11.5. The van der Waals surface area contributed by atoms with Gasteiger partial charge in [0.25, 0.3) is 0 Å². The second-order valence-electron chi connectivity index (χ2n) is 3.73. The van der Waals surface area contributed by atoms with Crippen LogP contribution in [-0.4, -0.2) is 16.2 Å². The first-order valence-corrected chi connectivity index (χ1v) is 5.20. The van der Waals surface area contributed by atoms with Gasteiger partial charge in [-0.05, 0) is 36.7 Å². The number of nitrogens with zero attached hydrogens (tertiary/aromatic N) is 1. The molecule has 0 aliphatic heterocycles. The predicted molar refractivity (Wildman–Crippen MR) is 72.4 cm³/mol. The van der Waals surface area contributed by atoms with Crippen LogP contribution >= 0.6 is 12.4 Å². The van der Waals surface area contributed by atoms with Crippen LogP contribution < -0.4 is 5.73 Å². The van der Waals surface area contributed by atoms with E-state index in [4.69, 9.17) is 12.2 Å². The Morgan fingerprint density at radius 2 is 2.18 bits per heavy atom. The van der Waals surface area contributed by atoms with Crippen molar-refractivity contribution in [2.75, 3.05) is 6.54 Å². The molecule has 1 aromatic heterocycles. The molecule has 3 N–H and O–H groups in total. The minimum Gasteiger partial charge on any atom is -0.508 e. The van der Waals surface area contributed by atoms with Gasteiger partial charge in [-0.15, -0.1) is 18.8 Å². The topological polar surface area (TPSA) is 51.2 Å². The molecule has 90 valence electrons. The van der Waals surface area contributed by atoms with Crippen molar-refractivity contribution in [2.24, 2.45) is 5.73 Å². The standard InChI is InChI=1S/C13H14N2O.ClH/c1-2-7-15-9-10(5-6-14)12-8-11(16)3-4-13(12)15;/h1,3-4,8-9,16H,5-7,14H2;1H. The van der Waals surface area contributed by atoms with Crippen molar-refractivity contribution in [2.45, 2.75) is 13.0 Å². The minimum atomic E-state index is 0. The number of fused-ring (bicyclic) bond motifs is 1. The van der Waals surface area contributed by atoms with E-state index in [9.17, 15) is 5.11 Å². The summed E-state index contributed by atoms with van der Waals surface area (Å²) in [5, 5.41) is 10.5. The number of terminal acetylenes is 1. The maximum absolute atomic E-state index is 9.48. The fraction of sp³-hybridized carbons (Fsp3) is 0.231. The zero-order valence-electron chi connectivity index (χ0n) is 9.39. The van der Waals surface area contributed by atoms with E-state index in [0.717, 1.165) is 22.9 Å². The first kappa shape index (κ1) is 13.4. The number of halogens is 1. The average Bonchev–Trinajstić information content (AvgIpc) is 2.58. The highest BCUT2D eigenvalue weighted by Crippen LogP contribution is 2.25. The molecule has 0 amide bonds. The number of hydrogen-bond donors (Lipinski definition) is 2. The predicted octanol–water partition coefficient (Wildman–Crippen LogP) is 1.90. The molecule has 0 aliphatic rings. The summed E-state index contributed by atoms with van der Waals surface area (Å²) in [6.07, 6.45) is 8.12. The highest BCUT2D eigenvalue weighted by molar-refractivity contribution is 5.85. The molecule has 2 aromatic rings. The Labute approximate surface area is 107 Å². The summed E-state index contributed by atoms with van der Waals surface area (Å²) in [6.45, 7) is 1.12. The molecule has 17 heavy (non-hydrogen) atoms. The Bertz CT molecular complexity index is 554. The lowest BCUT2D eigenvalue weighted by Gasteiger charge is -1.99. The van der Waals surface area contributed by atoms with Crippen LogP contribution in [-0.2, 0) is 13.0 Å². The smallest absolute Gasteiger partial charge is 0.116 e. The van der Waals surface area contributed by atoms with Crippen LogP contribution in [0.25, 0.3) is 10.9 Å². The number of benzene rings is 1. The number of hydrogen-bond acceptors (Lipinski definition) is 2. The van der Waals surface area contributed by atoms with Gasteiger partial charge in [-0.2, -0.15) is 0 Å². The van der Waals surface area contributed by atoms with E-state index in [2.05, 4.69) is 5.92 Å². The monoisotopic (exact) mass is 250 g/mol. The van der Waals surface area contributed by atoms with Crippen LogP contribution in [0.4, 0.5) is 0 Å². The Morgan fingerprint density at radius 3 is 2.82 bits per heavy atom. The fourth-order valence-corrected chi connectivity index (χ4v) is 1.94. The van der Waals surface area contributed by atoms with Crippen LogP contribution in [0.15, 0.2) is 24.4 Å². The largest absolute Gasteiger partial charge is 0.508 e. The third kappa shape index (κ3) is 2.55. The first-order valence-electron chi connectivity index (χ1n) is 5.20. The van der Waals surface area contributed by atoms with Crippen molar-refractivity contribution < 1.29 is 5.11 Å². The van der Waals surface area contributed by atoms with Gasteiger partial charge in [0.05, 0.1) is 6.54 Å². The van der Waals surface area contributed by atoms with E-state index in [1.54, 1.807) is 12.1 Å². The van der Waals surface area contributed by atoms with Crippen molar-refractivity contribution in [3.8, 4) is 18.1 Å². The van der Waals surface area contributed by atoms with E-state index >= 15 is 0 Å². The SMILES string of the molecule is C#CCn1cc(CCN)c2cc(O)ccc21.Cl. The maximum atomic E-state index is 9.48. The summed E-state index contributed by atoms with van der Waals surface area (Å²) < 4.78 is 2.00. The van der Waals surface area contributed by atoms with Gasteiger partial charge < -0.3 is 15.4 Å². The van der Waals surface area contributed by atoms with E-state index in [0.29, 0.717) is 13.1 Å². The van der Waals surface area contributed by atoms with Crippen LogP contribution in [0.5, 0.6) is 5.75 Å². The van der Waals surface area contributed by atoms with Crippen LogP contribution in [0.2, 0.25) is 0 Å². The lowest BCUT2D eigenvalue weighted by atomic mass is 10.1. The quantitative estimate of drug-likeness (QED) is 0.818. The number of phenolic OH excluding ortho intramolecular Hbond substituents is 1. The second-order valence-corrected chi connectivity index (χ2v) is 3.73. The Morgan fingerprint density at radius 1 is 1.41 bits per heavy atom. The Balaban J connectivity index is 0.00000144. The van der Waals surface area contributed by atoms with Gasteiger partial charge in [0, 0.05) is 17.1 Å². The molecule has 4 heteroatoms. The zero-order valence-corrected chi connectivity index (χ0v) is 10.2. The molecule has 0 unspecified atom stereocenters. The van der Waals surface area contributed by atoms with Gasteiger partial charge in [0.2, 0.25) is 0 Å². The molecule has 0 atom stereocenters. The average molecular weight is 251 g/mol. The molecule has 1 aromatic carbocycles. The van der Waals surface area contributed by atoms with Gasteiger partial charge in [0.15, 0.2) is 0 Å². The van der Waals surface area contributed by atoms with Gasteiger partial charge in [-0.3, -0.25) is 0 Å².